The lowest BCUT2D eigenvalue weighted by molar-refractivity contribution is 0.0951. The second-order valence-electron chi connectivity index (χ2n) is 6.11. The first-order valence-corrected chi connectivity index (χ1v) is 8.93. The van der Waals surface area contributed by atoms with E-state index < -0.39 is 11.7 Å². The van der Waals surface area contributed by atoms with Gasteiger partial charge in [-0.25, -0.2) is 9.37 Å². The van der Waals surface area contributed by atoms with Crippen molar-refractivity contribution in [2.75, 3.05) is 30.8 Å². The molecule has 0 saturated heterocycles. The van der Waals surface area contributed by atoms with Gasteiger partial charge in [0.2, 0.25) is 5.95 Å². The van der Waals surface area contributed by atoms with Crippen LogP contribution in [-0.4, -0.2) is 41.1 Å². The number of aryl methyl sites for hydroxylation is 1. The third kappa shape index (κ3) is 5.61. The minimum absolute atomic E-state index is 0.0437. The molecule has 9 heteroatoms. The minimum Gasteiger partial charge on any atom is -0.497 e. The van der Waals surface area contributed by atoms with Gasteiger partial charge in [0.15, 0.2) is 5.82 Å². The van der Waals surface area contributed by atoms with Crippen molar-refractivity contribution in [3.05, 3.63) is 65.9 Å². The number of amides is 1. The molecule has 1 aromatic carbocycles. The molecular formula is C20H21FN6O2. The van der Waals surface area contributed by atoms with Gasteiger partial charge in [-0.3, -0.25) is 9.78 Å². The average molecular weight is 396 g/mol. The number of hydrogen-bond acceptors (Lipinski definition) is 7. The summed E-state index contributed by atoms with van der Waals surface area (Å²) in [5, 5.41) is 8.89. The van der Waals surface area contributed by atoms with Gasteiger partial charge in [-0.15, -0.1) is 0 Å². The Kier molecular flexibility index (Phi) is 6.51. The van der Waals surface area contributed by atoms with Crippen molar-refractivity contribution in [1.29, 1.82) is 0 Å². The number of hydrogen-bond donors (Lipinski definition) is 3. The predicted molar refractivity (Wildman–Crippen MR) is 108 cm³/mol. The van der Waals surface area contributed by atoms with Gasteiger partial charge in [0.05, 0.1) is 18.9 Å². The van der Waals surface area contributed by atoms with E-state index in [0.29, 0.717) is 18.3 Å². The van der Waals surface area contributed by atoms with Crippen molar-refractivity contribution in [3.8, 4) is 5.75 Å². The fourth-order valence-corrected chi connectivity index (χ4v) is 2.54. The van der Waals surface area contributed by atoms with Gasteiger partial charge >= 0.3 is 0 Å². The summed E-state index contributed by atoms with van der Waals surface area (Å²) in [6.07, 6.45) is 2.37. The molecule has 2 heterocycles. The van der Waals surface area contributed by atoms with Crippen molar-refractivity contribution >= 4 is 23.4 Å². The first kappa shape index (κ1) is 20.0. The summed E-state index contributed by atoms with van der Waals surface area (Å²) >= 11 is 0. The topological polar surface area (TPSA) is 101 Å². The first-order chi connectivity index (χ1) is 14.0. The highest BCUT2D eigenvalue weighted by Gasteiger charge is 2.10. The highest BCUT2D eigenvalue weighted by atomic mass is 19.1. The number of nitrogens with one attached hydrogen (secondary N) is 3. The summed E-state index contributed by atoms with van der Waals surface area (Å²) in [4.78, 5) is 24.3. The Hall–Kier alpha value is -3.75. The monoisotopic (exact) mass is 396 g/mol. The zero-order chi connectivity index (χ0) is 20.6. The quantitative estimate of drug-likeness (QED) is 0.503. The van der Waals surface area contributed by atoms with Gasteiger partial charge in [0.1, 0.15) is 11.6 Å². The predicted octanol–water partition coefficient (Wildman–Crippen LogP) is 2.91. The van der Waals surface area contributed by atoms with Gasteiger partial charge in [-0.2, -0.15) is 4.98 Å². The van der Waals surface area contributed by atoms with Crippen LogP contribution in [0, 0.1) is 12.7 Å². The number of benzene rings is 1. The molecule has 0 aliphatic rings. The summed E-state index contributed by atoms with van der Waals surface area (Å²) in [5.41, 5.74) is 1.60. The third-order valence-corrected chi connectivity index (χ3v) is 3.93. The molecule has 2 aromatic heterocycles. The zero-order valence-corrected chi connectivity index (χ0v) is 16.1. The maximum atomic E-state index is 13.6. The van der Waals surface area contributed by atoms with Crippen LogP contribution in [-0.2, 0) is 0 Å². The molecule has 3 N–H and O–H groups in total. The molecule has 0 aliphatic carbocycles. The Labute approximate surface area is 167 Å². The van der Waals surface area contributed by atoms with E-state index in [2.05, 4.69) is 30.9 Å². The summed E-state index contributed by atoms with van der Waals surface area (Å²) in [6, 6.07) is 10.6. The van der Waals surface area contributed by atoms with Crippen LogP contribution in [0.2, 0.25) is 0 Å². The number of carbonyl (C=O) groups is 1. The number of anilines is 3. The van der Waals surface area contributed by atoms with Crippen molar-refractivity contribution in [2.45, 2.75) is 6.92 Å². The highest BCUT2D eigenvalue weighted by Crippen LogP contribution is 2.19. The smallest absolute Gasteiger partial charge is 0.254 e. The summed E-state index contributed by atoms with van der Waals surface area (Å²) in [5.74, 6) is 0.664. The van der Waals surface area contributed by atoms with Crippen LogP contribution in [0.15, 0.2) is 48.8 Å². The second-order valence-corrected chi connectivity index (χ2v) is 6.11. The number of ether oxygens (including phenoxy) is 1. The van der Waals surface area contributed by atoms with Gasteiger partial charge in [0, 0.05) is 36.7 Å². The van der Waals surface area contributed by atoms with Crippen LogP contribution < -0.4 is 20.7 Å². The number of aromatic nitrogens is 3. The Balaban J connectivity index is 1.54. The molecule has 0 bridgehead atoms. The number of methoxy groups -OCH3 is 1. The van der Waals surface area contributed by atoms with E-state index in [0.717, 1.165) is 23.3 Å². The zero-order valence-electron chi connectivity index (χ0n) is 16.1. The normalized spacial score (nSPS) is 10.3. The Bertz CT molecular complexity index is 981. The van der Waals surface area contributed by atoms with E-state index in [1.807, 2.05) is 37.3 Å². The van der Waals surface area contributed by atoms with Gasteiger partial charge < -0.3 is 20.7 Å². The molecule has 0 saturated carbocycles. The van der Waals surface area contributed by atoms with E-state index in [1.165, 1.54) is 12.3 Å². The van der Waals surface area contributed by atoms with Gasteiger partial charge in [0.25, 0.3) is 5.91 Å². The summed E-state index contributed by atoms with van der Waals surface area (Å²) < 4.78 is 18.7. The molecule has 0 unspecified atom stereocenters. The number of carbonyl (C=O) groups excluding carboxylic acids is 1. The maximum Gasteiger partial charge on any atom is 0.254 e. The largest absolute Gasteiger partial charge is 0.497 e. The Morgan fingerprint density at radius 3 is 2.66 bits per heavy atom. The molecule has 0 spiro atoms. The summed E-state index contributed by atoms with van der Waals surface area (Å²) in [6.45, 7) is 2.52. The van der Waals surface area contributed by atoms with E-state index in [1.54, 1.807) is 7.11 Å². The van der Waals surface area contributed by atoms with Crippen LogP contribution >= 0.6 is 0 Å². The molecule has 3 aromatic rings. The molecule has 0 fully saturated rings. The van der Waals surface area contributed by atoms with Crippen LogP contribution in [0.1, 0.15) is 16.1 Å². The Morgan fingerprint density at radius 2 is 1.93 bits per heavy atom. The van der Waals surface area contributed by atoms with Crippen molar-refractivity contribution in [3.63, 3.8) is 0 Å². The summed E-state index contributed by atoms with van der Waals surface area (Å²) in [7, 11) is 1.62. The van der Waals surface area contributed by atoms with E-state index in [9.17, 15) is 9.18 Å². The van der Waals surface area contributed by atoms with Crippen LogP contribution in [0.25, 0.3) is 0 Å². The fourth-order valence-electron chi connectivity index (χ4n) is 2.54. The molecule has 0 atom stereocenters. The lowest BCUT2D eigenvalue weighted by atomic mass is 10.2. The number of halogens is 1. The highest BCUT2D eigenvalue weighted by molar-refractivity contribution is 5.94. The van der Waals surface area contributed by atoms with Crippen molar-refractivity contribution < 1.29 is 13.9 Å². The van der Waals surface area contributed by atoms with Gasteiger partial charge in [-0.05, 0) is 37.3 Å². The minimum atomic E-state index is -0.658. The van der Waals surface area contributed by atoms with E-state index >= 15 is 0 Å². The molecule has 150 valence electrons. The molecule has 1 amide bonds. The van der Waals surface area contributed by atoms with Crippen LogP contribution in [0.5, 0.6) is 5.75 Å². The number of rotatable bonds is 8. The maximum absolute atomic E-state index is 13.6. The number of pyridine rings is 1. The molecule has 0 radical (unpaired) electrons. The lowest BCUT2D eigenvalue weighted by Crippen LogP contribution is -2.29. The lowest BCUT2D eigenvalue weighted by Gasteiger charge is -2.11. The average Bonchev–Trinajstić information content (AvgIpc) is 2.71. The fraction of sp³-hybridized carbons (Fsp3) is 0.200. The molecular weight excluding hydrogens is 375 g/mol. The van der Waals surface area contributed by atoms with Crippen molar-refractivity contribution in [2.24, 2.45) is 0 Å². The van der Waals surface area contributed by atoms with Crippen LogP contribution in [0.3, 0.4) is 0 Å². The second kappa shape index (κ2) is 9.45. The molecule has 29 heavy (non-hydrogen) atoms. The van der Waals surface area contributed by atoms with Crippen molar-refractivity contribution in [1.82, 2.24) is 20.3 Å². The van der Waals surface area contributed by atoms with E-state index in [4.69, 9.17) is 4.74 Å². The Morgan fingerprint density at radius 1 is 1.14 bits per heavy atom. The molecule has 8 nitrogen and oxygen atoms in total. The van der Waals surface area contributed by atoms with Crippen LogP contribution in [0.4, 0.5) is 21.8 Å². The third-order valence-electron chi connectivity index (χ3n) is 3.93. The standard InChI is InChI=1S/C20H21FN6O2/c1-13-11-18(26-14-3-5-15(29-2)6-4-14)27-20(25-13)24-10-9-23-19(28)16-7-8-22-12-17(16)21/h3-8,11-12H,9-10H2,1-2H3,(H,23,28)(H2,24,25,26,27). The number of nitrogens with zero attached hydrogens (tertiary/aromatic N) is 3. The molecule has 3 rings (SSSR count). The van der Waals surface area contributed by atoms with Gasteiger partial charge in [-0.1, -0.05) is 0 Å². The van der Waals surface area contributed by atoms with E-state index in [-0.39, 0.29) is 12.1 Å². The first-order valence-electron chi connectivity index (χ1n) is 8.93. The molecule has 0 aliphatic heterocycles. The SMILES string of the molecule is COc1ccc(Nc2cc(C)nc(NCCNC(=O)c3ccncc3F)n2)cc1.